The first-order valence-corrected chi connectivity index (χ1v) is 26.2. The molecule has 0 atom stereocenters. The summed E-state index contributed by atoms with van der Waals surface area (Å²) in [6.07, 6.45) is 0.846. The van der Waals surface area contributed by atoms with E-state index in [4.69, 9.17) is 18.9 Å². The van der Waals surface area contributed by atoms with E-state index in [0.29, 0.717) is 45.3 Å². The van der Waals surface area contributed by atoms with Crippen LogP contribution in [-0.4, -0.2) is 65.9 Å². The van der Waals surface area contributed by atoms with E-state index in [1.807, 2.05) is 70.1 Å². The van der Waals surface area contributed by atoms with E-state index in [0.717, 1.165) is 81.9 Å². The summed E-state index contributed by atoms with van der Waals surface area (Å²) in [6.45, 7) is 11.0. The quantitative estimate of drug-likeness (QED) is 0.0765. The molecule has 2 amide bonds. The third-order valence-electron chi connectivity index (χ3n) is 12.4. The van der Waals surface area contributed by atoms with Crippen molar-refractivity contribution < 1.29 is 55.2 Å². The predicted octanol–water partition coefficient (Wildman–Crippen LogP) is 8.56. The molecule has 7 rings (SSSR count). The Hall–Kier alpha value is -7.84. The molecule has 18 nitrogen and oxygen atoms in total. The Morgan fingerprint density at radius 1 is 0.486 bits per heavy atom. The molecular weight excluding hydrogens is 993 g/mol. The van der Waals surface area contributed by atoms with Gasteiger partial charge in [0.1, 0.15) is 23.0 Å². The van der Waals surface area contributed by atoms with Crippen LogP contribution >= 0.6 is 0 Å². The Morgan fingerprint density at radius 2 is 0.770 bits per heavy atom. The van der Waals surface area contributed by atoms with Gasteiger partial charge in [0.05, 0.1) is 33.9 Å². The van der Waals surface area contributed by atoms with Crippen molar-refractivity contribution in [2.45, 2.75) is 87.8 Å². The molecule has 388 valence electrons. The molecular formula is C54H56N4O14S2. The van der Waals surface area contributed by atoms with Crippen molar-refractivity contribution in [1.82, 2.24) is 9.44 Å². The maximum Gasteiger partial charge on any atom is 0.271 e. The summed E-state index contributed by atoms with van der Waals surface area (Å²) >= 11 is 0. The van der Waals surface area contributed by atoms with Crippen molar-refractivity contribution in [3.05, 3.63) is 185 Å². The molecule has 1 aliphatic carbocycles. The van der Waals surface area contributed by atoms with Gasteiger partial charge in [-0.2, -0.15) is 0 Å². The topological polar surface area (TPSA) is 250 Å². The van der Waals surface area contributed by atoms with Crippen LogP contribution in [0.1, 0.15) is 97.2 Å². The van der Waals surface area contributed by atoms with Gasteiger partial charge in [-0.05, 0) is 90.7 Å². The lowest BCUT2D eigenvalue weighted by Gasteiger charge is -2.26. The molecule has 8 bridgehead atoms. The highest BCUT2D eigenvalue weighted by atomic mass is 32.2. The van der Waals surface area contributed by atoms with Crippen LogP contribution in [0, 0.1) is 20.2 Å². The second-order valence-electron chi connectivity index (χ2n) is 19.8. The van der Waals surface area contributed by atoms with Crippen LogP contribution in [0.3, 0.4) is 0 Å². The maximum atomic E-state index is 13.5. The number of nitrogens with one attached hydrogen (secondary N) is 2. The Bertz CT molecular complexity index is 3080. The smallest absolute Gasteiger partial charge is 0.271 e. The summed E-state index contributed by atoms with van der Waals surface area (Å²) in [5.74, 6) is -0.272. The Labute approximate surface area is 429 Å². The maximum absolute atomic E-state index is 13.5. The van der Waals surface area contributed by atoms with Gasteiger partial charge < -0.3 is 18.9 Å². The molecule has 0 saturated heterocycles. The van der Waals surface area contributed by atoms with Crippen molar-refractivity contribution in [2.75, 3.05) is 27.4 Å². The standard InChI is InChI=1S/C54H56N4O14S2/c1-53(2,3)41-27-37-23-33-11-9-13-35(51(33)71-31-47(59)55-73(65,66)45-19-15-43(16-20-45)57(61)62)25-39-29-42(54(4,5)6)30-40(50(39)70-8)26-36-14-10-12-34(24-38(28-41)49(37)69-7)52(36)72-32-48(60)56-74(67,68)46-21-17-44(18-22-46)58(63)64/h9-22,27-30H,23-26,31-32H2,1-8H3,(H,55,59)(H,56,60). The fraction of sp³-hybridized carbons (Fsp3) is 0.296. The number of amides is 2. The van der Waals surface area contributed by atoms with Crippen LogP contribution in [-0.2, 0) is 66.1 Å². The molecule has 0 fully saturated rings. The summed E-state index contributed by atoms with van der Waals surface area (Å²) in [5, 5.41) is 22.4. The number of benzene rings is 6. The Kier molecular flexibility index (Phi) is 15.5. The molecule has 74 heavy (non-hydrogen) atoms. The number of non-ortho nitro benzene ring substituents is 2. The van der Waals surface area contributed by atoms with Gasteiger partial charge in [-0.3, -0.25) is 29.8 Å². The molecule has 2 N–H and O–H groups in total. The minimum atomic E-state index is -4.45. The number of nitrogens with zero attached hydrogens (tertiary/aromatic N) is 2. The molecule has 1 aliphatic rings. The summed E-state index contributed by atoms with van der Waals surface area (Å²) in [4.78, 5) is 47.4. The van der Waals surface area contributed by atoms with E-state index in [1.54, 1.807) is 14.2 Å². The monoisotopic (exact) mass is 1050 g/mol. The largest absolute Gasteiger partial charge is 0.496 e. The number of carbonyl (C=O) groups is 2. The molecule has 6 aromatic rings. The lowest BCUT2D eigenvalue weighted by atomic mass is 9.81. The molecule has 20 heteroatoms. The average molecular weight is 1050 g/mol. The van der Waals surface area contributed by atoms with Crippen LogP contribution in [0.15, 0.2) is 119 Å². The SMILES string of the molecule is COc1c2cc(C(C)(C)C)cc1Cc1cccc(c1OCC(=O)NS(=O)(=O)c1ccc([N+](=O)[O-])cc1)Cc1cc(C(C)(C)C)cc(c1OC)Cc1cccc(c1OCC(=O)NS(=O)(=O)c1ccc([N+](=O)[O-])cc1)C2. The molecule has 0 spiro atoms. The zero-order chi connectivity index (χ0) is 53.9. The third kappa shape index (κ3) is 12.3. The summed E-state index contributed by atoms with van der Waals surface area (Å²) in [6, 6.07) is 27.6. The van der Waals surface area contributed by atoms with Gasteiger partial charge in [0.15, 0.2) is 13.2 Å². The van der Waals surface area contributed by atoms with Crippen LogP contribution in [0.4, 0.5) is 11.4 Å². The third-order valence-corrected chi connectivity index (χ3v) is 15.2. The van der Waals surface area contributed by atoms with E-state index in [-0.39, 0.29) is 57.7 Å². The minimum Gasteiger partial charge on any atom is -0.496 e. The first-order chi connectivity index (χ1) is 34.8. The molecule has 0 saturated carbocycles. The van der Waals surface area contributed by atoms with Gasteiger partial charge in [-0.15, -0.1) is 0 Å². The molecule has 0 aliphatic heterocycles. The highest BCUT2D eigenvalue weighted by Crippen LogP contribution is 2.42. The second-order valence-corrected chi connectivity index (χ2v) is 23.2. The first-order valence-electron chi connectivity index (χ1n) is 23.3. The summed E-state index contributed by atoms with van der Waals surface area (Å²) in [7, 11) is -5.80. The van der Waals surface area contributed by atoms with Crippen molar-refractivity contribution in [1.29, 1.82) is 0 Å². The van der Waals surface area contributed by atoms with Gasteiger partial charge >= 0.3 is 0 Å². The zero-order valence-corrected chi connectivity index (χ0v) is 43.7. The number of rotatable bonds is 14. The summed E-state index contributed by atoms with van der Waals surface area (Å²) in [5.41, 5.74) is 6.04. The van der Waals surface area contributed by atoms with Crippen molar-refractivity contribution in [3.63, 3.8) is 0 Å². The van der Waals surface area contributed by atoms with Gasteiger partial charge in [0, 0.05) is 49.9 Å². The number of sulfonamides is 2. The van der Waals surface area contributed by atoms with Gasteiger partial charge in [-0.25, -0.2) is 26.3 Å². The van der Waals surface area contributed by atoms with Crippen LogP contribution in [0.25, 0.3) is 0 Å². The predicted molar refractivity (Wildman–Crippen MR) is 275 cm³/mol. The number of hydrogen-bond donors (Lipinski definition) is 2. The zero-order valence-electron chi connectivity index (χ0n) is 42.1. The Balaban J connectivity index is 1.34. The minimum absolute atomic E-state index is 0.212. The number of ether oxygens (including phenoxy) is 4. The highest BCUT2D eigenvalue weighted by molar-refractivity contribution is 7.90. The van der Waals surface area contributed by atoms with Crippen LogP contribution in [0.5, 0.6) is 23.0 Å². The van der Waals surface area contributed by atoms with Crippen molar-refractivity contribution in [2.24, 2.45) is 0 Å². The fourth-order valence-corrected chi connectivity index (χ4v) is 10.6. The normalized spacial score (nSPS) is 12.8. The van der Waals surface area contributed by atoms with Gasteiger partial charge in [0.25, 0.3) is 43.2 Å². The molecule has 0 unspecified atom stereocenters. The number of nitro groups is 2. The lowest BCUT2D eigenvalue weighted by Crippen LogP contribution is -2.34. The van der Waals surface area contributed by atoms with E-state index >= 15 is 0 Å². The first kappa shape index (κ1) is 53.9. The summed E-state index contributed by atoms with van der Waals surface area (Å²) < 4.78 is 82.4. The van der Waals surface area contributed by atoms with Crippen molar-refractivity contribution >= 4 is 43.2 Å². The Morgan fingerprint density at radius 3 is 1.01 bits per heavy atom. The average Bonchev–Trinajstić information content (AvgIpc) is 3.32. The van der Waals surface area contributed by atoms with Crippen LogP contribution in [0.2, 0.25) is 0 Å². The number of para-hydroxylation sites is 2. The van der Waals surface area contributed by atoms with E-state index in [9.17, 15) is 46.7 Å². The van der Waals surface area contributed by atoms with Gasteiger partial charge in [0.2, 0.25) is 0 Å². The molecule has 6 aromatic carbocycles. The molecule has 0 heterocycles. The van der Waals surface area contributed by atoms with E-state index < -0.39 is 54.9 Å². The fourth-order valence-electron chi connectivity index (χ4n) is 8.69. The number of methoxy groups -OCH3 is 2. The molecule has 0 aromatic heterocycles. The number of hydrogen-bond acceptors (Lipinski definition) is 14. The number of nitro benzene ring substituents is 2. The van der Waals surface area contributed by atoms with Crippen molar-refractivity contribution in [3.8, 4) is 23.0 Å². The highest BCUT2D eigenvalue weighted by Gasteiger charge is 2.28. The number of carbonyl (C=O) groups excluding carboxylic acids is 2. The van der Waals surface area contributed by atoms with E-state index in [2.05, 4.69) is 41.5 Å². The van der Waals surface area contributed by atoms with Crippen LogP contribution < -0.4 is 28.4 Å². The number of fused-ring (bicyclic) bond motifs is 8. The lowest BCUT2D eigenvalue weighted by molar-refractivity contribution is -0.385. The van der Waals surface area contributed by atoms with E-state index in [1.165, 1.54) is 0 Å². The second kappa shape index (κ2) is 21.3. The van der Waals surface area contributed by atoms with Gasteiger partial charge in [-0.1, -0.05) is 102 Å². The molecule has 0 radical (unpaired) electrons.